The van der Waals surface area contributed by atoms with E-state index >= 15 is 0 Å². The molecule has 1 nitrogen and oxygen atoms in total. The molecule has 1 aliphatic rings. The van der Waals surface area contributed by atoms with Crippen LogP contribution in [0.15, 0.2) is 24.3 Å². The summed E-state index contributed by atoms with van der Waals surface area (Å²) in [4.78, 5) is 0. The minimum absolute atomic E-state index is 0.569. The van der Waals surface area contributed by atoms with Crippen LogP contribution in [0.3, 0.4) is 0 Å². The molecule has 1 unspecified atom stereocenters. The van der Waals surface area contributed by atoms with Crippen molar-refractivity contribution in [3.63, 3.8) is 0 Å². The Morgan fingerprint density at radius 1 is 1.05 bits per heavy atom. The van der Waals surface area contributed by atoms with Crippen molar-refractivity contribution in [3.05, 3.63) is 35.4 Å². The third-order valence-corrected chi connectivity index (χ3v) is 4.57. The monoisotopic (exact) mass is 259 g/mol. The Morgan fingerprint density at radius 3 is 2.37 bits per heavy atom. The van der Waals surface area contributed by atoms with E-state index in [1.807, 2.05) is 0 Å². The van der Waals surface area contributed by atoms with Gasteiger partial charge in [-0.3, -0.25) is 0 Å². The summed E-state index contributed by atoms with van der Waals surface area (Å²) >= 11 is 0. The number of rotatable bonds is 5. The van der Waals surface area contributed by atoms with Crippen molar-refractivity contribution in [3.8, 4) is 0 Å². The molecule has 1 heteroatoms. The van der Waals surface area contributed by atoms with Crippen molar-refractivity contribution in [2.75, 3.05) is 6.54 Å². The minimum Gasteiger partial charge on any atom is -0.310 e. The molecule has 1 fully saturated rings. The zero-order chi connectivity index (χ0) is 13.5. The fourth-order valence-electron chi connectivity index (χ4n) is 3.55. The van der Waals surface area contributed by atoms with Crippen LogP contribution >= 0.6 is 0 Å². The van der Waals surface area contributed by atoms with Gasteiger partial charge in [0.1, 0.15) is 0 Å². The molecule has 0 amide bonds. The third-order valence-electron chi connectivity index (χ3n) is 4.57. The van der Waals surface area contributed by atoms with Gasteiger partial charge in [0.15, 0.2) is 0 Å². The van der Waals surface area contributed by atoms with Crippen molar-refractivity contribution >= 4 is 0 Å². The molecule has 2 rings (SSSR count). The SMILES string of the molecule is CCNC(c1ccccc1CC)C1CCCCCC1. The molecule has 0 heterocycles. The lowest BCUT2D eigenvalue weighted by atomic mass is 9.84. The van der Waals surface area contributed by atoms with Crippen LogP contribution in [0, 0.1) is 5.92 Å². The summed E-state index contributed by atoms with van der Waals surface area (Å²) in [7, 11) is 0. The molecule has 0 bridgehead atoms. The van der Waals surface area contributed by atoms with Gasteiger partial charge in [-0.25, -0.2) is 0 Å². The highest BCUT2D eigenvalue weighted by Crippen LogP contribution is 2.34. The van der Waals surface area contributed by atoms with Gasteiger partial charge < -0.3 is 5.32 Å². The lowest BCUT2D eigenvalue weighted by molar-refractivity contribution is 0.329. The summed E-state index contributed by atoms with van der Waals surface area (Å²) < 4.78 is 0. The maximum atomic E-state index is 3.77. The van der Waals surface area contributed by atoms with E-state index in [0.29, 0.717) is 6.04 Å². The summed E-state index contributed by atoms with van der Waals surface area (Å²) in [5.74, 6) is 0.829. The first kappa shape index (κ1) is 14.6. The van der Waals surface area contributed by atoms with Crippen LogP contribution < -0.4 is 5.32 Å². The smallest absolute Gasteiger partial charge is 0.0351 e. The summed E-state index contributed by atoms with van der Waals surface area (Å²) in [6, 6.07) is 9.60. The first-order valence-corrected chi connectivity index (χ1v) is 8.18. The molecular formula is C18H29N. The molecule has 106 valence electrons. The predicted octanol–water partition coefficient (Wildman–Crippen LogP) is 4.87. The highest BCUT2D eigenvalue weighted by Gasteiger charge is 2.24. The van der Waals surface area contributed by atoms with E-state index in [9.17, 15) is 0 Å². The maximum absolute atomic E-state index is 3.77. The van der Waals surface area contributed by atoms with E-state index in [0.717, 1.165) is 18.9 Å². The molecule has 1 aliphatic carbocycles. The van der Waals surface area contributed by atoms with Crippen molar-refractivity contribution < 1.29 is 0 Å². The van der Waals surface area contributed by atoms with E-state index in [1.165, 1.54) is 44.1 Å². The fraction of sp³-hybridized carbons (Fsp3) is 0.667. The van der Waals surface area contributed by atoms with Gasteiger partial charge >= 0.3 is 0 Å². The Bertz CT molecular complexity index is 364. The average Bonchev–Trinajstić information content (AvgIpc) is 2.74. The second-order valence-electron chi connectivity index (χ2n) is 5.84. The van der Waals surface area contributed by atoms with Crippen LogP contribution in [0.4, 0.5) is 0 Å². The zero-order valence-electron chi connectivity index (χ0n) is 12.6. The van der Waals surface area contributed by atoms with E-state index in [2.05, 4.69) is 43.4 Å². The van der Waals surface area contributed by atoms with E-state index < -0.39 is 0 Å². The fourth-order valence-corrected chi connectivity index (χ4v) is 3.55. The van der Waals surface area contributed by atoms with Crippen LogP contribution in [0.25, 0.3) is 0 Å². The zero-order valence-corrected chi connectivity index (χ0v) is 12.6. The Hall–Kier alpha value is -0.820. The van der Waals surface area contributed by atoms with Crippen molar-refractivity contribution in [2.24, 2.45) is 5.92 Å². The molecule has 1 atom stereocenters. The van der Waals surface area contributed by atoms with Gasteiger partial charge in [0.25, 0.3) is 0 Å². The highest BCUT2D eigenvalue weighted by molar-refractivity contribution is 5.30. The van der Waals surface area contributed by atoms with Crippen molar-refractivity contribution in [1.82, 2.24) is 5.32 Å². The van der Waals surface area contributed by atoms with Gasteiger partial charge in [0.2, 0.25) is 0 Å². The van der Waals surface area contributed by atoms with Crippen LogP contribution in [0.1, 0.15) is 69.5 Å². The Labute approximate surface area is 118 Å². The predicted molar refractivity (Wildman–Crippen MR) is 83.4 cm³/mol. The first-order chi connectivity index (χ1) is 9.36. The van der Waals surface area contributed by atoms with Crippen molar-refractivity contribution in [1.29, 1.82) is 0 Å². The van der Waals surface area contributed by atoms with Gasteiger partial charge in [-0.1, -0.05) is 63.8 Å². The van der Waals surface area contributed by atoms with Gasteiger partial charge in [-0.2, -0.15) is 0 Å². The van der Waals surface area contributed by atoms with Crippen LogP contribution in [-0.4, -0.2) is 6.54 Å². The molecule has 0 spiro atoms. The summed E-state index contributed by atoms with van der Waals surface area (Å²) in [6.45, 7) is 5.58. The Kier molecular flexibility index (Phi) is 5.91. The molecular weight excluding hydrogens is 230 g/mol. The number of benzene rings is 1. The molecule has 0 aromatic heterocycles. The summed E-state index contributed by atoms with van der Waals surface area (Å²) in [6.07, 6.45) is 9.65. The lowest BCUT2D eigenvalue weighted by Crippen LogP contribution is -2.29. The second kappa shape index (κ2) is 7.69. The minimum atomic E-state index is 0.569. The number of nitrogens with one attached hydrogen (secondary N) is 1. The number of hydrogen-bond donors (Lipinski definition) is 1. The average molecular weight is 259 g/mol. The maximum Gasteiger partial charge on any atom is 0.0351 e. The second-order valence-corrected chi connectivity index (χ2v) is 5.84. The summed E-state index contributed by atoms with van der Waals surface area (Å²) in [5.41, 5.74) is 3.08. The molecule has 0 saturated heterocycles. The van der Waals surface area contributed by atoms with Gasteiger partial charge in [0, 0.05) is 6.04 Å². The third kappa shape index (κ3) is 3.82. The number of hydrogen-bond acceptors (Lipinski definition) is 1. The normalized spacial score (nSPS) is 19.1. The topological polar surface area (TPSA) is 12.0 Å². The van der Waals surface area contributed by atoms with E-state index in [4.69, 9.17) is 0 Å². The molecule has 1 aromatic carbocycles. The molecule has 19 heavy (non-hydrogen) atoms. The largest absolute Gasteiger partial charge is 0.310 e. The van der Waals surface area contributed by atoms with E-state index in [-0.39, 0.29) is 0 Å². The Morgan fingerprint density at radius 2 is 1.74 bits per heavy atom. The quantitative estimate of drug-likeness (QED) is 0.744. The van der Waals surface area contributed by atoms with Gasteiger partial charge in [-0.15, -0.1) is 0 Å². The van der Waals surface area contributed by atoms with Gasteiger partial charge in [0.05, 0.1) is 0 Å². The van der Waals surface area contributed by atoms with Crippen LogP contribution in [0.5, 0.6) is 0 Å². The summed E-state index contributed by atoms with van der Waals surface area (Å²) in [5, 5.41) is 3.77. The molecule has 1 N–H and O–H groups in total. The molecule has 1 aromatic rings. The molecule has 0 aliphatic heterocycles. The highest BCUT2D eigenvalue weighted by atomic mass is 14.9. The standard InChI is InChI=1S/C18H29N/c1-3-15-11-9-10-14-17(15)18(19-4-2)16-12-7-5-6-8-13-16/h9-11,14,16,18-19H,3-8,12-13H2,1-2H3. The van der Waals surface area contributed by atoms with E-state index in [1.54, 1.807) is 5.56 Å². The first-order valence-electron chi connectivity index (χ1n) is 8.18. The molecule has 1 saturated carbocycles. The lowest BCUT2D eigenvalue weighted by Gasteiger charge is -2.29. The van der Waals surface area contributed by atoms with Gasteiger partial charge in [-0.05, 0) is 42.9 Å². The van der Waals surface area contributed by atoms with Crippen molar-refractivity contribution in [2.45, 2.75) is 64.8 Å². The number of aryl methyl sites for hydroxylation is 1. The van der Waals surface area contributed by atoms with Crippen LogP contribution in [0.2, 0.25) is 0 Å². The molecule has 0 radical (unpaired) electrons. The van der Waals surface area contributed by atoms with Crippen LogP contribution in [-0.2, 0) is 6.42 Å². The Balaban J connectivity index is 2.22.